The molecule has 3 nitrogen and oxygen atoms in total. The number of hydrogen-bond acceptors (Lipinski definition) is 2. The number of halogens is 1. The molecule has 0 aliphatic rings. The number of aliphatic hydroxyl groups excluding tert-OH is 1. The zero-order valence-electron chi connectivity index (χ0n) is 6.51. The van der Waals surface area contributed by atoms with Gasteiger partial charge in [-0.3, -0.25) is 4.79 Å². The summed E-state index contributed by atoms with van der Waals surface area (Å²) in [7, 11) is 0. The van der Waals surface area contributed by atoms with Crippen molar-refractivity contribution in [1.82, 2.24) is 0 Å². The molecule has 0 heterocycles. The summed E-state index contributed by atoms with van der Waals surface area (Å²) < 4.78 is -0.965. The van der Waals surface area contributed by atoms with E-state index in [0.29, 0.717) is 6.42 Å². The molecule has 0 spiro atoms. The van der Waals surface area contributed by atoms with Crippen LogP contribution in [0.15, 0.2) is 0 Å². The Kier molecular flexibility index (Phi) is 4.99. The first kappa shape index (κ1) is 11.2. The number of aliphatic hydroxyl groups is 1. The summed E-state index contributed by atoms with van der Waals surface area (Å²) in [6.07, 6.45) is 2.34. The Morgan fingerprint density at radius 1 is 1.64 bits per heavy atom. The maximum Gasteiger partial charge on any atom is 0.321 e. The predicted molar refractivity (Wildman–Crippen MR) is 51.0 cm³/mol. The lowest BCUT2D eigenvalue weighted by Crippen LogP contribution is -2.35. The summed E-state index contributed by atoms with van der Waals surface area (Å²) >= 11 is 1.80. The fraction of sp³-hybridized carbons (Fsp3) is 0.857. The maximum absolute atomic E-state index is 10.6. The van der Waals surface area contributed by atoms with Crippen molar-refractivity contribution >= 4 is 28.6 Å². The molecule has 2 N–H and O–H groups in total. The van der Waals surface area contributed by atoms with Gasteiger partial charge in [0.1, 0.15) is 3.42 Å². The molecule has 66 valence electrons. The summed E-state index contributed by atoms with van der Waals surface area (Å²) in [6, 6.07) is 0. The lowest BCUT2D eigenvalue weighted by atomic mass is 10.0. The molecule has 0 bridgehead atoms. The minimum atomic E-state index is -0.965. The number of aliphatic carboxylic acids is 1. The number of unbranched alkanes of at least 4 members (excludes halogenated alkanes) is 1. The summed E-state index contributed by atoms with van der Waals surface area (Å²) in [6.45, 7) is 1.71. The van der Waals surface area contributed by atoms with E-state index >= 15 is 0 Å². The Balaban J connectivity index is 3.99. The third-order valence-corrected chi connectivity index (χ3v) is 2.90. The van der Waals surface area contributed by atoms with Crippen LogP contribution in [0.3, 0.4) is 0 Å². The second-order valence-electron chi connectivity index (χ2n) is 2.53. The third-order valence-electron chi connectivity index (χ3n) is 1.56. The SMILES string of the molecule is CCCC[C@@](I)(CO)C(=O)O. The molecule has 1 atom stereocenters. The van der Waals surface area contributed by atoms with Crippen molar-refractivity contribution < 1.29 is 15.0 Å². The first-order chi connectivity index (χ1) is 5.06. The monoisotopic (exact) mass is 272 g/mol. The molecular formula is C7H13IO3. The van der Waals surface area contributed by atoms with Gasteiger partial charge in [-0.25, -0.2) is 0 Å². The highest BCUT2D eigenvalue weighted by Crippen LogP contribution is 2.25. The van der Waals surface area contributed by atoms with Crippen LogP contribution in [0.5, 0.6) is 0 Å². The Bertz CT molecular complexity index is 138. The zero-order valence-corrected chi connectivity index (χ0v) is 8.67. The van der Waals surface area contributed by atoms with Gasteiger partial charge in [-0.2, -0.15) is 0 Å². The van der Waals surface area contributed by atoms with Crippen LogP contribution >= 0.6 is 22.6 Å². The predicted octanol–water partition coefficient (Wildman–Crippen LogP) is 1.43. The molecule has 0 aromatic carbocycles. The molecular weight excluding hydrogens is 259 g/mol. The maximum atomic E-state index is 10.6. The lowest BCUT2D eigenvalue weighted by molar-refractivity contribution is -0.140. The number of hydrogen-bond donors (Lipinski definition) is 2. The Labute approximate surface area is 79.9 Å². The first-order valence-corrected chi connectivity index (χ1v) is 4.68. The van der Waals surface area contributed by atoms with Crippen LogP contribution in [-0.4, -0.2) is 26.2 Å². The number of rotatable bonds is 5. The molecule has 0 aliphatic heterocycles. The van der Waals surface area contributed by atoms with Crippen LogP contribution in [0.25, 0.3) is 0 Å². The van der Waals surface area contributed by atoms with Crippen molar-refractivity contribution in [2.45, 2.75) is 29.6 Å². The van der Waals surface area contributed by atoms with Gasteiger partial charge in [0.2, 0.25) is 0 Å². The van der Waals surface area contributed by atoms with Gasteiger partial charge in [0.15, 0.2) is 0 Å². The van der Waals surface area contributed by atoms with Crippen molar-refractivity contribution in [3.8, 4) is 0 Å². The van der Waals surface area contributed by atoms with E-state index in [-0.39, 0.29) is 6.61 Å². The van der Waals surface area contributed by atoms with Crippen molar-refractivity contribution in [3.63, 3.8) is 0 Å². The minimum Gasteiger partial charge on any atom is -0.480 e. The minimum absolute atomic E-state index is 0.289. The molecule has 0 saturated carbocycles. The fourth-order valence-corrected chi connectivity index (χ4v) is 1.09. The molecule has 0 aromatic heterocycles. The van der Waals surface area contributed by atoms with Crippen LogP contribution in [0.1, 0.15) is 26.2 Å². The van der Waals surface area contributed by atoms with Gasteiger partial charge < -0.3 is 10.2 Å². The average molecular weight is 272 g/mol. The van der Waals surface area contributed by atoms with Crippen LogP contribution in [-0.2, 0) is 4.79 Å². The summed E-state index contributed by atoms with van der Waals surface area (Å²) in [4.78, 5) is 10.6. The quantitative estimate of drug-likeness (QED) is 0.588. The van der Waals surface area contributed by atoms with Gasteiger partial charge in [0.05, 0.1) is 6.61 Å². The van der Waals surface area contributed by atoms with Crippen LogP contribution < -0.4 is 0 Å². The van der Waals surface area contributed by atoms with E-state index < -0.39 is 9.39 Å². The highest BCUT2D eigenvalue weighted by molar-refractivity contribution is 14.1. The van der Waals surface area contributed by atoms with Gasteiger partial charge in [-0.15, -0.1) is 0 Å². The van der Waals surface area contributed by atoms with Gasteiger partial charge in [-0.05, 0) is 6.42 Å². The van der Waals surface area contributed by atoms with E-state index in [1.165, 1.54) is 0 Å². The van der Waals surface area contributed by atoms with E-state index in [0.717, 1.165) is 12.8 Å². The van der Waals surface area contributed by atoms with Crippen LogP contribution in [0, 0.1) is 0 Å². The van der Waals surface area contributed by atoms with Gasteiger partial charge in [0, 0.05) is 0 Å². The Morgan fingerprint density at radius 2 is 2.18 bits per heavy atom. The molecule has 0 saturated heterocycles. The standard InChI is InChI=1S/C7H13IO3/c1-2-3-4-7(8,5-9)6(10)11/h9H,2-5H2,1H3,(H,10,11)/t7-/m1/s1. The number of alkyl halides is 1. The molecule has 4 heteroatoms. The molecule has 0 unspecified atom stereocenters. The molecule has 0 fully saturated rings. The molecule has 0 aliphatic carbocycles. The van der Waals surface area contributed by atoms with E-state index in [1.54, 1.807) is 22.6 Å². The third kappa shape index (κ3) is 3.37. The van der Waals surface area contributed by atoms with Crippen molar-refractivity contribution in [3.05, 3.63) is 0 Å². The first-order valence-electron chi connectivity index (χ1n) is 3.60. The van der Waals surface area contributed by atoms with Crippen molar-refractivity contribution in [2.24, 2.45) is 0 Å². The summed E-state index contributed by atoms with van der Waals surface area (Å²) in [5, 5.41) is 17.5. The average Bonchev–Trinajstić information content (AvgIpc) is 2.00. The number of carboxylic acids is 1. The Morgan fingerprint density at radius 3 is 2.45 bits per heavy atom. The van der Waals surface area contributed by atoms with E-state index in [4.69, 9.17) is 10.2 Å². The zero-order chi connectivity index (χ0) is 8.91. The van der Waals surface area contributed by atoms with Crippen LogP contribution in [0.2, 0.25) is 0 Å². The smallest absolute Gasteiger partial charge is 0.321 e. The second kappa shape index (κ2) is 4.92. The highest BCUT2D eigenvalue weighted by atomic mass is 127. The van der Waals surface area contributed by atoms with E-state index in [2.05, 4.69) is 0 Å². The molecule has 0 radical (unpaired) electrons. The molecule has 0 rings (SSSR count). The van der Waals surface area contributed by atoms with Crippen molar-refractivity contribution in [2.75, 3.05) is 6.61 Å². The van der Waals surface area contributed by atoms with Gasteiger partial charge in [-0.1, -0.05) is 42.4 Å². The molecule has 0 aromatic rings. The largest absolute Gasteiger partial charge is 0.480 e. The van der Waals surface area contributed by atoms with Crippen LogP contribution in [0.4, 0.5) is 0 Å². The Hall–Kier alpha value is 0.160. The molecule has 0 amide bonds. The van der Waals surface area contributed by atoms with Gasteiger partial charge in [0.25, 0.3) is 0 Å². The summed E-state index contributed by atoms with van der Waals surface area (Å²) in [5.41, 5.74) is 0. The number of carboxylic acid groups (broad SMARTS) is 1. The highest BCUT2D eigenvalue weighted by Gasteiger charge is 2.33. The molecule has 11 heavy (non-hydrogen) atoms. The van der Waals surface area contributed by atoms with E-state index in [1.807, 2.05) is 6.92 Å². The fourth-order valence-electron chi connectivity index (χ4n) is 0.711. The topological polar surface area (TPSA) is 57.5 Å². The van der Waals surface area contributed by atoms with E-state index in [9.17, 15) is 4.79 Å². The lowest BCUT2D eigenvalue weighted by Gasteiger charge is -2.18. The van der Waals surface area contributed by atoms with Crippen molar-refractivity contribution in [1.29, 1.82) is 0 Å². The number of carbonyl (C=O) groups is 1. The summed E-state index contributed by atoms with van der Waals surface area (Å²) in [5.74, 6) is -0.922. The van der Waals surface area contributed by atoms with Gasteiger partial charge >= 0.3 is 5.97 Å². The second-order valence-corrected chi connectivity index (χ2v) is 4.60. The normalized spacial score (nSPS) is 15.9.